The number of nitrogens with one attached hydrogen (secondary N) is 1. The van der Waals surface area contributed by atoms with Gasteiger partial charge >= 0.3 is 0 Å². The molecule has 2 aromatic carbocycles. The summed E-state index contributed by atoms with van der Waals surface area (Å²) in [5, 5.41) is 0.893. The summed E-state index contributed by atoms with van der Waals surface area (Å²) >= 11 is 0. The third-order valence-electron chi connectivity index (χ3n) is 3.97. The van der Waals surface area contributed by atoms with E-state index in [9.17, 15) is 4.79 Å². The molecule has 0 bridgehead atoms. The number of aromatic nitrogens is 1. The number of methoxy groups -OCH3 is 2. The number of ketones is 1. The van der Waals surface area contributed by atoms with Crippen LogP contribution in [-0.2, 0) is 0 Å². The second kappa shape index (κ2) is 4.12. The minimum absolute atomic E-state index is 0.0437. The van der Waals surface area contributed by atoms with Crippen LogP contribution in [0.25, 0.3) is 22.2 Å². The van der Waals surface area contributed by atoms with Crippen LogP contribution in [0, 0.1) is 0 Å². The molecule has 0 atom stereocenters. The Morgan fingerprint density at radius 2 is 1.62 bits per heavy atom. The van der Waals surface area contributed by atoms with Crippen LogP contribution < -0.4 is 9.47 Å². The minimum atomic E-state index is 0.0437. The van der Waals surface area contributed by atoms with Crippen molar-refractivity contribution < 1.29 is 14.3 Å². The molecule has 0 unspecified atom stereocenters. The van der Waals surface area contributed by atoms with Gasteiger partial charge in [0.05, 0.1) is 25.5 Å². The first kappa shape index (κ1) is 12.0. The molecular weight excluding hydrogens is 266 g/mol. The predicted octanol–water partition coefficient (Wildman–Crippen LogP) is 3.40. The van der Waals surface area contributed by atoms with Crippen molar-refractivity contribution in [3.05, 3.63) is 47.5 Å². The van der Waals surface area contributed by atoms with E-state index in [1.807, 2.05) is 36.4 Å². The molecule has 1 aliphatic carbocycles. The Kier molecular flexibility index (Phi) is 2.36. The fourth-order valence-corrected chi connectivity index (χ4v) is 2.93. The van der Waals surface area contributed by atoms with Crippen molar-refractivity contribution in [3.63, 3.8) is 0 Å². The average molecular weight is 279 g/mol. The molecule has 0 radical (unpaired) electrons. The van der Waals surface area contributed by atoms with E-state index in [2.05, 4.69) is 4.98 Å². The molecule has 4 rings (SSSR count). The molecule has 104 valence electrons. The fraction of sp³-hybridized carbons (Fsp3) is 0.118. The highest BCUT2D eigenvalue weighted by Gasteiger charge is 2.31. The Bertz CT molecular complexity index is 892. The number of hydrogen-bond donors (Lipinski definition) is 1. The summed E-state index contributed by atoms with van der Waals surface area (Å²) in [5.41, 5.74) is 4.11. The van der Waals surface area contributed by atoms with E-state index in [0.29, 0.717) is 11.1 Å². The largest absolute Gasteiger partial charge is 0.497 e. The van der Waals surface area contributed by atoms with Gasteiger partial charge in [0.25, 0.3) is 0 Å². The number of rotatable bonds is 2. The Morgan fingerprint density at radius 1 is 0.905 bits per heavy atom. The van der Waals surface area contributed by atoms with E-state index in [1.54, 1.807) is 14.2 Å². The molecule has 3 aromatic rings. The Morgan fingerprint density at radius 3 is 2.38 bits per heavy atom. The van der Waals surface area contributed by atoms with Gasteiger partial charge in [-0.3, -0.25) is 4.79 Å². The van der Waals surface area contributed by atoms with Gasteiger partial charge in [-0.2, -0.15) is 0 Å². The van der Waals surface area contributed by atoms with Gasteiger partial charge in [0.1, 0.15) is 11.5 Å². The van der Waals surface area contributed by atoms with Crippen LogP contribution in [0.3, 0.4) is 0 Å². The molecule has 21 heavy (non-hydrogen) atoms. The van der Waals surface area contributed by atoms with Gasteiger partial charge in [-0.1, -0.05) is 0 Å². The van der Waals surface area contributed by atoms with E-state index in [-0.39, 0.29) is 5.78 Å². The molecule has 0 saturated carbocycles. The molecule has 1 aromatic heterocycles. The van der Waals surface area contributed by atoms with Crippen molar-refractivity contribution in [1.82, 2.24) is 4.98 Å². The third-order valence-corrected chi connectivity index (χ3v) is 3.97. The van der Waals surface area contributed by atoms with Gasteiger partial charge in [-0.15, -0.1) is 0 Å². The first-order valence-electron chi connectivity index (χ1n) is 6.65. The monoisotopic (exact) mass is 279 g/mol. The Balaban J connectivity index is 2.03. The van der Waals surface area contributed by atoms with Crippen molar-refractivity contribution >= 4 is 16.7 Å². The highest BCUT2D eigenvalue weighted by Crippen LogP contribution is 2.42. The molecule has 0 amide bonds. The first-order chi connectivity index (χ1) is 10.2. The molecule has 1 aliphatic rings. The van der Waals surface area contributed by atoms with Crippen LogP contribution >= 0.6 is 0 Å². The number of ether oxygens (including phenoxy) is 2. The van der Waals surface area contributed by atoms with Gasteiger partial charge in [0, 0.05) is 22.0 Å². The lowest BCUT2D eigenvalue weighted by Gasteiger charge is -2.03. The smallest absolute Gasteiger partial charge is 0.196 e. The molecule has 4 nitrogen and oxygen atoms in total. The zero-order valence-corrected chi connectivity index (χ0v) is 11.7. The Labute approximate surface area is 121 Å². The van der Waals surface area contributed by atoms with E-state index < -0.39 is 0 Å². The second-order valence-corrected chi connectivity index (χ2v) is 5.03. The van der Waals surface area contributed by atoms with E-state index in [1.165, 1.54) is 0 Å². The van der Waals surface area contributed by atoms with Gasteiger partial charge in [-0.25, -0.2) is 0 Å². The SMILES string of the molecule is COc1ccc2c(c1)-c1[nH]c3ccc(OC)cc3c1C2=O. The minimum Gasteiger partial charge on any atom is -0.497 e. The summed E-state index contributed by atoms with van der Waals surface area (Å²) in [7, 11) is 3.24. The lowest BCUT2D eigenvalue weighted by Crippen LogP contribution is -1.95. The molecule has 0 aliphatic heterocycles. The average Bonchev–Trinajstić information content (AvgIpc) is 3.03. The summed E-state index contributed by atoms with van der Waals surface area (Å²) in [6.07, 6.45) is 0. The van der Waals surface area contributed by atoms with Gasteiger partial charge in [-0.05, 0) is 36.4 Å². The number of aromatic amines is 1. The van der Waals surface area contributed by atoms with Crippen LogP contribution in [0.2, 0.25) is 0 Å². The quantitative estimate of drug-likeness (QED) is 0.612. The summed E-state index contributed by atoms with van der Waals surface area (Å²) in [6.45, 7) is 0. The maximum absolute atomic E-state index is 12.7. The van der Waals surface area contributed by atoms with Crippen LogP contribution in [0.5, 0.6) is 11.5 Å². The summed E-state index contributed by atoms with van der Waals surface area (Å²) in [4.78, 5) is 16.0. The standard InChI is InChI=1S/C17H13NO3/c1-20-9-3-5-11-12(7-9)16-15(17(11)19)13-8-10(21-2)4-6-14(13)18-16/h3-8,18H,1-2H3. The van der Waals surface area contributed by atoms with Crippen molar-refractivity contribution in [1.29, 1.82) is 0 Å². The van der Waals surface area contributed by atoms with Gasteiger partial charge in [0.2, 0.25) is 0 Å². The third kappa shape index (κ3) is 1.53. The lowest BCUT2D eigenvalue weighted by molar-refractivity contribution is 0.104. The van der Waals surface area contributed by atoms with Crippen LogP contribution in [0.4, 0.5) is 0 Å². The number of carbonyl (C=O) groups is 1. The maximum atomic E-state index is 12.7. The first-order valence-corrected chi connectivity index (χ1v) is 6.65. The van der Waals surface area contributed by atoms with Gasteiger partial charge < -0.3 is 14.5 Å². The molecule has 0 spiro atoms. The molecular formula is C17H13NO3. The lowest BCUT2D eigenvalue weighted by atomic mass is 10.1. The molecule has 4 heteroatoms. The predicted molar refractivity (Wildman–Crippen MR) is 80.3 cm³/mol. The highest BCUT2D eigenvalue weighted by atomic mass is 16.5. The number of hydrogen-bond acceptors (Lipinski definition) is 3. The highest BCUT2D eigenvalue weighted by molar-refractivity contribution is 6.27. The van der Waals surface area contributed by atoms with Crippen LogP contribution in [0.1, 0.15) is 15.9 Å². The second-order valence-electron chi connectivity index (χ2n) is 5.03. The topological polar surface area (TPSA) is 51.3 Å². The molecule has 1 heterocycles. The van der Waals surface area contributed by atoms with E-state index in [0.717, 1.165) is 33.7 Å². The summed E-state index contributed by atoms with van der Waals surface area (Å²) in [6, 6.07) is 11.2. The van der Waals surface area contributed by atoms with Crippen molar-refractivity contribution in [3.8, 4) is 22.8 Å². The maximum Gasteiger partial charge on any atom is 0.196 e. The van der Waals surface area contributed by atoms with E-state index >= 15 is 0 Å². The number of H-pyrrole nitrogens is 1. The zero-order chi connectivity index (χ0) is 14.6. The fourth-order valence-electron chi connectivity index (χ4n) is 2.93. The zero-order valence-electron chi connectivity index (χ0n) is 11.7. The molecule has 0 fully saturated rings. The van der Waals surface area contributed by atoms with Gasteiger partial charge in [0.15, 0.2) is 5.78 Å². The summed E-state index contributed by atoms with van der Waals surface area (Å²) < 4.78 is 10.5. The van der Waals surface area contributed by atoms with Crippen molar-refractivity contribution in [2.24, 2.45) is 0 Å². The Hall–Kier alpha value is -2.75. The van der Waals surface area contributed by atoms with Crippen molar-refractivity contribution in [2.75, 3.05) is 14.2 Å². The number of benzene rings is 2. The van der Waals surface area contributed by atoms with E-state index in [4.69, 9.17) is 9.47 Å². The molecule has 1 N–H and O–H groups in total. The number of carbonyl (C=O) groups excluding carboxylic acids is 1. The normalized spacial score (nSPS) is 12.4. The van der Waals surface area contributed by atoms with Crippen LogP contribution in [0.15, 0.2) is 36.4 Å². The van der Waals surface area contributed by atoms with Crippen molar-refractivity contribution in [2.45, 2.75) is 0 Å². The summed E-state index contributed by atoms with van der Waals surface area (Å²) in [5.74, 6) is 1.53. The van der Waals surface area contributed by atoms with Crippen LogP contribution in [-0.4, -0.2) is 25.0 Å². The number of fused-ring (bicyclic) bond motifs is 5. The molecule has 0 saturated heterocycles.